The van der Waals surface area contributed by atoms with E-state index in [4.69, 9.17) is 47.6 Å². The van der Waals surface area contributed by atoms with Gasteiger partial charge < -0.3 is 39.9 Å². The lowest BCUT2D eigenvalue weighted by Gasteiger charge is -2.29. The lowest BCUT2D eigenvalue weighted by molar-refractivity contribution is -0.136. The van der Waals surface area contributed by atoms with Crippen LogP contribution >= 0.6 is 34.5 Å². The first-order chi connectivity index (χ1) is 27.3. The Kier molecular flexibility index (Phi) is 11.8. The van der Waals surface area contributed by atoms with Crippen LogP contribution in [0.4, 0.5) is 9.59 Å². The van der Waals surface area contributed by atoms with E-state index in [2.05, 4.69) is 26.7 Å². The number of nitrogens with one attached hydrogen (secondary N) is 4. The third kappa shape index (κ3) is 7.95. The molecule has 304 valence electrons. The summed E-state index contributed by atoms with van der Waals surface area (Å²) in [4.78, 5) is 77.4. The molecule has 1 aromatic carbocycles. The summed E-state index contributed by atoms with van der Waals surface area (Å²) in [6.45, 7) is 8.60. The van der Waals surface area contributed by atoms with E-state index in [1.54, 1.807) is 21.1 Å². The number of hydrogen-bond acceptors (Lipinski definition) is 10. The van der Waals surface area contributed by atoms with Gasteiger partial charge in [0.05, 0.1) is 32.0 Å². The largest absolute Gasteiger partial charge is 0.453 e. The number of halogens is 2. The summed E-state index contributed by atoms with van der Waals surface area (Å²) in [6.07, 6.45) is 3.26. The van der Waals surface area contributed by atoms with Crippen molar-refractivity contribution in [1.82, 2.24) is 45.4 Å². The lowest BCUT2D eigenvalue weighted by atomic mass is 9.91. The molecule has 5 heterocycles. The Morgan fingerprint density at radius 2 is 1.30 bits per heavy atom. The number of methoxy groups -OCH3 is 2. The van der Waals surface area contributed by atoms with Gasteiger partial charge in [-0.25, -0.2) is 24.5 Å². The lowest BCUT2D eigenvalue weighted by Crippen LogP contribution is -2.51. The van der Waals surface area contributed by atoms with Crippen LogP contribution in [0, 0.1) is 11.8 Å². The van der Waals surface area contributed by atoms with E-state index in [1.807, 2.05) is 39.8 Å². The van der Waals surface area contributed by atoms with E-state index < -0.39 is 24.3 Å². The first kappa shape index (κ1) is 40.5. The van der Waals surface area contributed by atoms with Gasteiger partial charge in [-0.05, 0) is 62.0 Å². The summed E-state index contributed by atoms with van der Waals surface area (Å²) in [7, 11) is 2.55. The number of fused-ring (bicyclic) bond motifs is 3. The van der Waals surface area contributed by atoms with Crippen molar-refractivity contribution in [2.75, 3.05) is 27.3 Å². The van der Waals surface area contributed by atoms with E-state index in [-0.39, 0.29) is 35.7 Å². The fourth-order valence-corrected chi connectivity index (χ4v) is 9.64. The van der Waals surface area contributed by atoms with Gasteiger partial charge in [0.15, 0.2) is 0 Å². The number of alkyl carbamates (subject to hydrolysis) is 2. The third-order valence-corrected chi connectivity index (χ3v) is 12.7. The second-order valence-corrected chi connectivity index (χ2v) is 17.2. The Bertz CT molecular complexity index is 2180. The van der Waals surface area contributed by atoms with Gasteiger partial charge in [0.2, 0.25) is 11.8 Å². The zero-order valence-corrected chi connectivity index (χ0v) is 35.0. The highest BCUT2D eigenvalue weighted by Gasteiger charge is 2.40. The van der Waals surface area contributed by atoms with Gasteiger partial charge >= 0.3 is 12.2 Å². The summed E-state index contributed by atoms with van der Waals surface area (Å²) in [5.41, 5.74) is 4.98. The van der Waals surface area contributed by atoms with Crippen LogP contribution in [0.2, 0.25) is 10.3 Å². The molecule has 3 aromatic heterocycles. The molecule has 2 fully saturated rings. The molecule has 0 radical (unpaired) electrons. The molecule has 0 spiro atoms. The van der Waals surface area contributed by atoms with Crippen LogP contribution in [0.5, 0.6) is 0 Å². The normalized spacial score (nSPS) is 18.7. The fourth-order valence-electron chi connectivity index (χ4n) is 8.03. The summed E-state index contributed by atoms with van der Waals surface area (Å²) < 4.78 is 9.53. The van der Waals surface area contributed by atoms with Crippen LogP contribution in [0.15, 0.2) is 18.2 Å². The van der Waals surface area contributed by atoms with Crippen molar-refractivity contribution >= 4 is 58.5 Å². The molecule has 3 aliphatic rings. The molecule has 0 saturated carbocycles. The monoisotopic (exact) mass is 839 g/mol. The minimum absolute atomic E-state index is 0.144. The summed E-state index contributed by atoms with van der Waals surface area (Å²) in [5, 5.41) is 6.79. The molecular weight excluding hydrogens is 793 g/mol. The first-order valence-corrected chi connectivity index (χ1v) is 20.8. The zero-order valence-electron chi connectivity index (χ0n) is 32.7. The first-order valence-electron chi connectivity index (χ1n) is 19.2. The highest BCUT2D eigenvalue weighted by molar-refractivity contribution is 7.15. The maximum atomic E-state index is 13.7. The Morgan fingerprint density at radius 3 is 1.82 bits per heavy atom. The van der Waals surface area contributed by atoms with Gasteiger partial charge in [0.25, 0.3) is 0 Å². The Balaban J connectivity index is 1.10. The van der Waals surface area contributed by atoms with Crippen molar-refractivity contribution in [2.24, 2.45) is 11.8 Å². The molecule has 0 unspecified atom stereocenters. The number of amides is 4. The molecule has 57 heavy (non-hydrogen) atoms. The number of H-pyrrole nitrogens is 2. The SMILES string of the molecule is COC(=O)N[C@H](C(=O)N1CCC[C@H]1c1nc(-c2ccc3c(c2)CCc2sc(-c4nc([C@@H]5CCCN5C(=O)[C@@H](NC(=O)OC)C(C)C)[nH]c4Cl)nc2-3)c(Cl)[nH]1)C(C)C. The van der Waals surface area contributed by atoms with Gasteiger partial charge in [0.1, 0.15) is 50.4 Å². The molecule has 2 saturated heterocycles. The number of aromatic amines is 2. The number of benzene rings is 1. The van der Waals surface area contributed by atoms with E-state index in [0.717, 1.165) is 52.9 Å². The zero-order chi connectivity index (χ0) is 40.7. The fraction of sp³-hybridized carbons (Fsp3) is 0.513. The number of aromatic nitrogens is 5. The molecule has 15 nitrogen and oxygen atoms in total. The van der Waals surface area contributed by atoms with Crippen LogP contribution in [0.1, 0.15) is 87.6 Å². The molecule has 2 aliphatic heterocycles. The molecular formula is C39H47Cl2N9O6S. The van der Waals surface area contributed by atoms with E-state index >= 15 is 0 Å². The van der Waals surface area contributed by atoms with Gasteiger partial charge in [-0.1, -0.05) is 63.0 Å². The van der Waals surface area contributed by atoms with Crippen LogP contribution in [0.3, 0.4) is 0 Å². The predicted molar refractivity (Wildman–Crippen MR) is 216 cm³/mol. The van der Waals surface area contributed by atoms with E-state index in [1.165, 1.54) is 14.2 Å². The van der Waals surface area contributed by atoms with E-state index in [0.29, 0.717) is 64.3 Å². The Labute approximate surface area is 344 Å². The van der Waals surface area contributed by atoms with E-state index in [9.17, 15) is 19.2 Å². The maximum Gasteiger partial charge on any atom is 0.407 e. The molecule has 0 bridgehead atoms. The smallest absolute Gasteiger partial charge is 0.407 e. The predicted octanol–water partition coefficient (Wildman–Crippen LogP) is 7.08. The molecule has 1 aliphatic carbocycles. The molecule has 4 N–H and O–H groups in total. The second-order valence-electron chi connectivity index (χ2n) is 15.3. The topological polar surface area (TPSA) is 188 Å². The van der Waals surface area contributed by atoms with Crippen LogP contribution < -0.4 is 10.6 Å². The summed E-state index contributed by atoms with van der Waals surface area (Å²) in [6, 6.07) is 4.00. The highest BCUT2D eigenvalue weighted by Crippen LogP contribution is 2.44. The minimum Gasteiger partial charge on any atom is -0.453 e. The summed E-state index contributed by atoms with van der Waals surface area (Å²) >= 11 is 15.1. The van der Waals surface area contributed by atoms with Gasteiger partial charge in [-0.2, -0.15) is 0 Å². The Hall–Kier alpha value is -4.67. The number of hydrogen-bond donors (Lipinski definition) is 4. The standard InChI is InChI=1S/C39H47Cl2N9O6S/c1-18(2)26(45-38(53)55-5)36(51)49-15-7-9-23(49)33-42-28(31(40)47-33)21-11-13-22-20(17-21)12-14-25-29(22)44-35(57-25)30-32(41)48-34(43-30)24-10-8-16-50(24)37(52)27(19(3)4)46-39(54)56-6/h11,13,17-19,23-24,26-27H,7-10,12,14-16H2,1-6H3,(H,42,47)(H,43,48)(H,45,53)(H,46,54)/t23-,24-,26-,27-/m0/s1. The quantitative estimate of drug-likeness (QED) is 0.129. The molecule has 4 atom stereocenters. The van der Waals surface area contributed by atoms with Crippen molar-refractivity contribution in [3.8, 4) is 33.2 Å². The van der Waals surface area contributed by atoms with Crippen molar-refractivity contribution in [3.63, 3.8) is 0 Å². The number of likely N-dealkylation sites (tertiary alicyclic amines) is 2. The average molecular weight is 841 g/mol. The van der Waals surface area contributed by atoms with Gasteiger partial charge in [-0.3, -0.25) is 9.59 Å². The number of carbonyl (C=O) groups is 4. The number of imidazole rings is 2. The van der Waals surface area contributed by atoms with Crippen LogP contribution in [0.25, 0.3) is 33.2 Å². The number of nitrogens with zero attached hydrogens (tertiary/aromatic N) is 5. The molecule has 4 amide bonds. The molecule has 4 aromatic rings. The number of carbonyl (C=O) groups excluding carboxylic acids is 4. The highest BCUT2D eigenvalue weighted by atomic mass is 35.5. The maximum absolute atomic E-state index is 13.7. The van der Waals surface area contributed by atoms with Gasteiger partial charge in [0, 0.05) is 29.1 Å². The number of rotatable bonds is 10. The van der Waals surface area contributed by atoms with Crippen molar-refractivity contribution in [1.29, 1.82) is 0 Å². The third-order valence-electron chi connectivity index (χ3n) is 11.0. The van der Waals surface area contributed by atoms with Crippen LogP contribution in [-0.2, 0) is 31.9 Å². The molecule has 18 heteroatoms. The second kappa shape index (κ2) is 16.7. The number of thiazole rings is 1. The minimum atomic E-state index is -0.741. The number of aryl methyl sites for hydroxylation is 2. The van der Waals surface area contributed by atoms with Crippen molar-refractivity contribution in [2.45, 2.75) is 90.4 Å². The average Bonchev–Trinajstić information content (AvgIpc) is 4.04. The van der Waals surface area contributed by atoms with Crippen LogP contribution in [-0.4, -0.2) is 98.1 Å². The molecule has 7 rings (SSSR count). The van der Waals surface area contributed by atoms with Gasteiger partial charge in [-0.15, -0.1) is 11.3 Å². The van der Waals surface area contributed by atoms with Crippen molar-refractivity contribution < 1.29 is 28.7 Å². The van der Waals surface area contributed by atoms with Crippen molar-refractivity contribution in [3.05, 3.63) is 50.6 Å². The summed E-state index contributed by atoms with van der Waals surface area (Å²) in [5.74, 6) is 0.507. The number of ether oxygens (including phenoxy) is 2. The Morgan fingerprint density at radius 1 is 0.772 bits per heavy atom.